The van der Waals surface area contributed by atoms with Crippen LogP contribution in [0.4, 0.5) is 0 Å². The van der Waals surface area contributed by atoms with Crippen molar-refractivity contribution < 1.29 is 0 Å². The van der Waals surface area contributed by atoms with Crippen LogP contribution in [0.5, 0.6) is 0 Å². The van der Waals surface area contributed by atoms with E-state index < -0.39 is 0 Å². The second-order valence-electron chi connectivity index (χ2n) is 4.74. The van der Waals surface area contributed by atoms with Gasteiger partial charge in [-0.15, -0.1) is 0 Å². The van der Waals surface area contributed by atoms with Crippen molar-refractivity contribution in [2.45, 2.75) is 25.8 Å². The van der Waals surface area contributed by atoms with E-state index in [9.17, 15) is 0 Å². The first-order chi connectivity index (χ1) is 7.75. The lowest BCUT2D eigenvalue weighted by atomic mass is 10.1. The number of hydrogen-bond donors (Lipinski definition) is 1. The van der Waals surface area contributed by atoms with Gasteiger partial charge in [-0.2, -0.15) is 0 Å². The van der Waals surface area contributed by atoms with Gasteiger partial charge in [0.1, 0.15) is 0 Å². The van der Waals surface area contributed by atoms with E-state index in [1.165, 1.54) is 23.4 Å². The Morgan fingerprint density at radius 2 is 2.25 bits per heavy atom. The zero-order valence-corrected chi connectivity index (χ0v) is 10.3. The van der Waals surface area contributed by atoms with Crippen molar-refractivity contribution in [1.82, 2.24) is 15.2 Å². The molecule has 3 heteroatoms. The minimum Gasteiger partial charge on any atom is -0.312 e. The van der Waals surface area contributed by atoms with Crippen LogP contribution in [-0.4, -0.2) is 37.1 Å². The molecule has 0 spiro atoms. The lowest BCUT2D eigenvalue weighted by Crippen LogP contribution is -2.24. The molecule has 1 aliphatic rings. The first-order valence-corrected chi connectivity index (χ1v) is 6.09. The van der Waals surface area contributed by atoms with E-state index in [1.807, 2.05) is 0 Å². The normalized spacial score (nSPS) is 15.2. The zero-order chi connectivity index (χ0) is 11.4. The van der Waals surface area contributed by atoms with Crippen LogP contribution in [-0.2, 0) is 19.4 Å². The second-order valence-corrected chi connectivity index (χ2v) is 4.74. The molecule has 3 nitrogen and oxygen atoms in total. The Labute approximate surface area is 97.9 Å². The highest BCUT2D eigenvalue weighted by Crippen LogP contribution is 2.13. The smallest absolute Gasteiger partial charge is 0.0464 e. The van der Waals surface area contributed by atoms with Crippen LogP contribution in [0.1, 0.15) is 23.4 Å². The van der Waals surface area contributed by atoms with E-state index in [0.717, 1.165) is 32.5 Å². The molecule has 0 radical (unpaired) electrons. The van der Waals surface area contributed by atoms with E-state index in [4.69, 9.17) is 4.98 Å². The summed E-state index contributed by atoms with van der Waals surface area (Å²) in [4.78, 5) is 6.98. The molecule has 0 bridgehead atoms. The molecule has 0 unspecified atom stereocenters. The van der Waals surface area contributed by atoms with Crippen molar-refractivity contribution in [1.29, 1.82) is 0 Å². The summed E-state index contributed by atoms with van der Waals surface area (Å²) in [6.07, 6.45) is 3.37. The summed E-state index contributed by atoms with van der Waals surface area (Å²) in [5, 5.41) is 3.37. The van der Waals surface area contributed by atoms with Crippen LogP contribution in [0, 0.1) is 0 Å². The molecular weight excluding hydrogens is 198 g/mol. The molecule has 88 valence electrons. The number of fused-ring (bicyclic) bond motifs is 1. The molecule has 0 atom stereocenters. The van der Waals surface area contributed by atoms with Crippen LogP contribution in [0.2, 0.25) is 0 Å². The highest BCUT2D eigenvalue weighted by atomic mass is 15.0. The van der Waals surface area contributed by atoms with Crippen molar-refractivity contribution in [3.05, 3.63) is 29.1 Å². The third-order valence-electron chi connectivity index (χ3n) is 3.02. The van der Waals surface area contributed by atoms with Gasteiger partial charge in [-0.1, -0.05) is 6.07 Å². The van der Waals surface area contributed by atoms with E-state index in [1.54, 1.807) is 0 Å². The molecule has 0 aliphatic carbocycles. The fraction of sp³-hybridized carbons (Fsp3) is 0.615. The quantitative estimate of drug-likeness (QED) is 0.825. The average Bonchev–Trinajstić information content (AvgIpc) is 2.28. The zero-order valence-electron chi connectivity index (χ0n) is 10.3. The van der Waals surface area contributed by atoms with Crippen LogP contribution >= 0.6 is 0 Å². The van der Waals surface area contributed by atoms with Gasteiger partial charge in [0.25, 0.3) is 0 Å². The first kappa shape index (κ1) is 11.6. The number of nitrogens with one attached hydrogen (secondary N) is 1. The Hall–Kier alpha value is -0.930. The monoisotopic (exact) mass is 219 g/mol. The van der Waals surface area contributed by atoms with Gasteiger partial charge in [0.05, 0.1) is 0 Å². The van der Waals surface area contributed by atoms with Gasteiger partial charge in [0.15, 0.2) is 0 Å². The van der Waals surface area contributed by atoms with Gasteiger partial charge in [0, 0.05) is 30.9 Å². The highest BCUT2D eigenvalue weighted by Gasteiger charge is 2.10. The predicted molar refractivity (Wildman–Crippen MR) is 66.5 cm³/mol. The standard InChI is InChI=1S/C13H21N3/c1-16(2)9-3-4-12-6-5-11-10-14-8-7-13(11)15-12/h5-6,14H,3-4,7-10H2,1-2H3. The molecule has 2 rings (SSSR count). The van der Waals surface area contributed by atoms with Gasteiger partial charge < -0.3 is 10.2 Å². The largest absolute Gasteiger partial charge is 0.312 e. The van der Waals surface area contributed by atoms with Crippen LogP contribution in [0.15, 0.2) is 12.1 Å². The SMILES string of the molecule is CN(C)CCCc1ccc2c(n1)CCNC2. The van der Waals surface area contributed by atoms with E-state index >= 15 is 0 Å². The molecule has 1 aromatic rings. The molecule has 0 amide bonds. The van der Waals surface area contributed by atoms with Crippen LogP contribution < -0.4 is 5.32 Å². The molecule has 2 heterocycles. The molecule has 0 fully saturated rings. The molecule has 1 N–H and O–H groups in total. The molecule has 16 heavy (non-hydrogen) atoms. The Bertz CT molecular complexity index is 347. The topological polar surface area (TPSA) is 28.2 Å². The van der Waals surface area contributed by atoms with Crippen molar-refractivity contribution in [2.24, 2.45) is 0 Å². The summed E-state index contributed by atoms with van der Waals surface area (Å²) in [5.41, 5.74) is 3.94. The van der Waals surface area contributed by atoms with E-state index in [2.05, 4.69) is 36.4 Å². The average molecular weight is 219 g/mol. The number of hydrogen-bond acceptors (Lipinski definition) is 3. The highest BCUT2D eigenvalue weighted by molar-refractivity contribution is 5.25. The number of rotatable bonds is 4. The van der Waals surface area contributed by atoms with Gasteiger partial charge in [0.2, 0.25) is 0 Å². The minimum atomic E-state index is 0.986. The molecule has 0 saturated carbocycles. The van der Waals surface area contributed by atoms with Crippen LogP contribution in [0.25, 0.3) is 0 Å². The lowest BCUT2D eigenvalue weighted by Gasteiger charge is -2.17. The van der Waals surface area contributed by atoms with Crippen LogP contribution in [0.3, 0.4) is 0 Å². The van der Waals surface area contributed by atoms with Gasteiger partial charge in [-0.05, 0) is 45.1 Å². The Morgan fingerprint density at radius 1 is 1.38 bits per heavy atom. The summed E-state index contributed by atoms with van der Waals surface area (Å²) in [6.45, 7) is 3.20. The molecule has 1 aliphatic heterocycles. The molecule has 1 aromatic heterocycles. The molecule has 0 aromatic carbocycles. The number of aromatic nitrogens is 1. The first-order valence-electron chi connectivity index (χ1n) is 6.09. The fourth-order valence-corrected chi connectivity index (χ4v) is 2.10. The summed E-state index contributed by atoms with van der Waals surface area (Å²) in [5.74, 6) is 0. The summed E-state index contributed by atoms with van der Waals surface area (Å²) in [7, 11) is 4.23. The summed E-state index contributed by atoms with van der Waals surface area (Å²) >= 11 is 0. The fourth-order valence-electron chi connectivity index (χ4n) is 2.10. The maximum absolute atomic E-state index is 4.75. The third kappa shape index (κ3) is 3.03. The van der Waals surface area contributed by atoms with E-state index in [0.29, 0.717) is 0 Å². The molecular formula is C13H21N3. The van der Waals surface area contributed by atoms with Crippen molar-refractivity contribution in [3.63, 3.8) is 0 Å². The number of aryl methyl sites for hydroxylation is 1. The number of nitrogens with zero attached hydrogens (tertiary/aromatic N) is 2. The Kier molecular flexibility index (Phi) is 3.91. The molecule has 0 saturated heterocycles. The predicted octanol–water partition coefficient (Wildman–Crippen LogP) is 1.22. The summed E-state index contributed by atoms with van der Waals surface area (Å²) in [6, 6.07) is 4.42. The van der Waals surface area contributed by atoms with Gasteiger partial charge in [-0.25, -0.2) is 0 Å². The van der Waals surface area contributed by atoms with Crippen molar-refractivity contribution in [2.75, 3.05) is 27.2 Å². The Balaban J connectivity index is 1.95. The second kappa shape index (κ2) is 5.41. The maximum atomic E-state index is 4.75. The van der Waals surface area contributed by atoms with Crippen molar-refractivity contribution in [3.8, 4) is 0 Å². The third-order valence-corrected chi connectivity index (χ3v) is 3.02. The van der Waals surface area contributed by atoms with Gasteiger partial charge >= 0.3 is 0 Å². The summed E-state index contributed by atoms with van der Waals surface area (Å²) < 4.78 is 0. The van der Waals surface area contributed by atoms with Crippen molar-refractivity contribution >= 4 is 0 Å². The maximum Gasteiger partial charge on any atom is 0.0464 e. The van der Waals surface area contributed by atoms with Gasteiger partial charge in [-0.3, -0.25) is 4.98 Å². The minimum absolute atomic E-state index is 0.986. The number of pyridine rings is 1. The lowest BCUT2D eigenvalue weighted by molar-refractivity contribution is 0.399. The van der Waals surface area contributed by atoms with E-state index in [-0.39, 0.29) is 0 Å². The Morgan fingerprint density at radius 3 is 3.06 bits per heavy atom.